The Hall–Kier alpha value is -1.80. The molecule has 0 bridgehead atoms. The summed E-state index contributed by atoms with van der Waals surface area (Å²) in [6.45, 7) is 3.99. The number of carbonyl (C=O) groups is 1. The molecule has 0 N–H and O–H groups in total. The molecule has 0 saturated carbocycles. The van der Waals surface area contributed by atoms with Gasteiger partial charge in [0, 0.05) is 10.7 Å². The SMILES string of the molecule is CC1(C)C(=O)N(c2ccccc2)C1c1ccc(Cl)cc1. The maximum Gasteiger partial charge on any atom is 0.235 e. The Labute approximate surface area is 124 Å². The number of rotatable bonds is 2. The van der Waals surface area contributed by atoms with Crippen LogP contribution in [0.3, 0.4) is 0 Å². The first-order valence-electron chi connectivity index (χ1n) is 6.66. The Morgan fingerprint density at radius 2 is 1.60 bits per heavy atom. The van der Waals surface area contributed by atoms with Crippen LogP contribution < -0.4 is 4.90 Å². The summed E-state index contributed by atoms with van der Waals surface area (Å²) < 4.78 is 0. The minimum Gasteiger partial charge on any atom is -0.303 e. The van der Waals surface area contributed by atoms with Crippen LogP contribution in [-0.4, -0.2) is 5.91 Å². The summed E-state index contributed by atoms with van der Waals surface area (Å²) in [5.41, 5.74) is 1.67. The lowest BCUT2D eigenvalue weighted by atomic mass is 9.70. The largest absolute Gasteiger partial charge is 0.303 e. The van der Waals surface area contributed by atoms with E-state index in [1.165, 1.54) is 0 Å². The van der Waals surface area contributed by atoms with E-state index in [0.717, 1.165) is 11.3 Å². The van der Waals surface area contributed by atoms with Crippen molar-refractivity contribution in [3.05, 3.63) is 65.2 Å². The van der Waals surface area contributed by atoms with Crippen molar-refractivity contribution in [1.82, 2.24) is 0 Å². The number of benzene rings is 2. The molecule has 0 aliphatic carbocycles. The number of β-lactam (4-membered cyclic amide) rings is 1. The van der Waals surface area contributed by atoms with E-state index in [0.29, 0.717) is 5.02 Å². The van der Waals surface area contributed by atoms with Gasteiger partial charge in [-0.3, -0.25) is 4.79 Å². The summed E-state index contributed by atoms with van der Waals surface area (Å²) in [7, 11) is 0. The number of para-hydroxylation sites is 1. The normalized spacial score (nSPS) is 20.6. The van der Waals surface area contributed by atoms with Gasteiger partial charge in [0.05, 0.1) is 11.5 Å². The van der Waals surface area contributed by atoms with Gasteiger partial charge in [0.25, 0.3) is 0 Å². The third kappa shape index (κ3) is 1.92. The van der Waals surface area contributed by atoms with Gasteiger partial charge >= 0.3 is 0 Å². The second-order valence-corrected chi connectivity index (χ2v) is 6.12. The summed E-state index contributed by atoms with van der Waals surface area (Å²) in [4.78, 5) is 14.3. The third-order valence-electron chi connectivity index (χ3n) is 3.93. The van der Waals surface area contributed by atoms with Crippen molar-refractivity contribution < 1.29 is 4.79 Å². The highest BCUT2D eigenvalue weighted by Gasteiger charge is 2.55. The molecule has 1 fully saturated rings. The van der Waals surface area contributed by atoms with E-state index >= 15 is 0 Å². The van der Waals surface area contributed by atoms with Crippen molar-refractivity contribution in [1.29, 1.82) is 0 Å². The highest BCUT2D eigenvalue weighted by Crippen LogP contribution is 2.51. The van der Waals surface area contributed by atoms with Crippen LogP contribution in [0.4, 0.5) is 5.69 Å². The minimum atomic E-state index is -0.385. The average molecular weight is 286 g/mol. The molecule has 1 atom stereocenters. The van der Waals surface area contributed by atoms with Crippen molar-refractivity contribution in [2.24, 2.45) is 5.41 Å². The molecule has 20 heavy (non-hydrogen) atoms. The topological polar surface area (TPSA) is 20.3 Å². The lowest BCUT2D eigenvalue weighted by Crippen LogP contribution is -2.61. The van der Waals surface area contributed by atoms with E-state index in [2.05, 4.69) is 0 Å². The summed E-state index contributed by atoms with van der Waals surface area (Å²) in [5, 5.41) is 0.712. The lowest BCUT2D eigenvalue weighted by molar-refractivity contribution is -0.137. The maximum absolute atomic E-state index is 12.4. The Kier molecular flexibility index (Phi) is 3.06. The van der Waals surface area contributed by atoms with Crippen LogP contribution in [0.15, 0.2) is 54.6 Å². The van der Waals surface area contributed by atoms with Crippen molar-refractivity contribution in [2.45, 2.75) is 19.9 Å². The van der Waals surface area contributed by atoms with Gasteiger partial charge < -0.3 is 4.90 Å². The van der Waals surface area contributed by atoms with Crippen molar-refractivity contribution in [3.8, 4) is 0 Å². The molecule has 2 nitrogen and oxygen atoms in total. The van der Waals surface area contributed by atoms with E-state index in [9.17, 15) is 4.79 Å². The fourth-order valence-electron chi connectivity index (χ4n) is 2.87. The Morgan fingerprint density at radius 3 is 2.20 bits per heavy atom. The maximum atomic E-state index is 12.4. The fraction of sp³-hybridized carbons (Fsp3) is 0.235. The van der Waals surface area contributed by atoms with E-state index in [-0.39, 0.29) is 17.4 Å². The van der Waals surface area contributed by atoms with Crippen LogP contribution in [0.1, 0.15) is 25.5 Å². The molecule has 1 aliphatic heterocycles. The molecule has 3 rings (SSSR count). The Bertz CT molecular complexity index is 634. The monoisotopic (exact) mass is 285 g/mol. The zero-order valence-electron chi connectivity index (χ0n) is 11.5. The quantitative estimate of drug-likeness (QED) is 0.746. The molecule has 0 spiro atoms. The number of carbonyl (C=O) groups excluding carboxylic acids is 1. The number of halogens is 1. The van der Waals surface area contributed by atoms with Crippen LogP contribution in [0.2, 0.25) is 5.02 Å². The first kappa shape index (κ1) is 13.2. The molecular formula is C17H16ClNO. The van der Waals surface area contributed by atoms with Crippen LogP contribution in [0.5, 0.6) is 0 Å². The number of anilines is 1. The number of hydrogen-bond donors (Lipinski definition) is 0. The molecule has 1 unspecified atom stereocenters. The molecule has 2 aromatic rings. The Morgan fingerprint density at radius 1 is 1.00 bits per heavy atom. The molecule has 0 aromatic heterocycles. The molecule has 0 radical (unpaired) electrons. The Balaban J connectivity index is 2.02. The van der Waals surface area contributed by atoms with Crippen LogP contribution in [-0.2, 0) is 4.79 Å². The van der Waals surface area contributed by atoms with Gasteiger partial charge in [-0.15, -0.1) is 0 Å². The number of amides is 1. The molecular weight excluding hydrogens is 270 g/mol. The standard InChI is InChI=1S/C17H16ClNO/c1-17(2)15(12-8-10-13(18)11-9-12)19(16(17)20)14-6-4-3-5-7-14/h3-11,15H,1-2H3. The molecule has 3 heteroatoms. The molecule has 1 aliphatic rings. The lowest BCUT2D eigenvalue weighted by Gasteiger charge is -2.53. The van der Waals surface area contributed by atoms with Gasteiger partial charge in [-0.05, 0) is 43.7 Å². The first-order valence-corrected chi connectivity index (χ1v) is 7.04. The molecule has 1 heterocycles. The van der Waals surface area contributed by atoms with Crippen LogP contribution in [0, 0.1) is 5.41 Å². The minimum absolute atomic E-state index is 0.0506. The van der Waals surface area contributed by atoms with Crippen molar-refractivity contribution in [2.75, 3.05) is 4.90 Å². The van der Waals surface area contributed by atoms with Gasteiger partial charge in [0.15, 0.2) is 0 Å². The van der Waals surface area contributed by atoms with Crippen LogP contribution >= 0.6 is 11.6 Å². The van der Waals surface area contributed by atoms with Crippen LogP contribution in [0.25, 0.3) is 0 Å². The predicted molar refractivity (Wildman–Crippen MR) is 81.9 cm³/mol. The van der Waals surface area contributed by atoms with Crippen molar-refractivity contribution >= 4 is 23.2 Å². The zero-order valence-corrected chi connectivity index (χ0v) is 12.3. The second-order valence-electron chi connectivity index (χ2n) is 5.69. The number of nitrogens with zero attached hydrogens (tertiary/aromatic N) is 1. The highest BCUT2D eigenvalue weighted by molar-refractivity contribution is 6.30. The van der Waals surface area contributed by atoms with E-state index < -0.39 is 0 Å². The van der Waals surface area contributed by atoms with Gasteiger partial charge in [-0.1, -0.05) is 41.9 Å². The van der Waals surface area contributed by atoms with E-state index in [1.807, 2.05) is 73.3 Å². The van der Waals surface area contributed by atoms with Gasteiger partial charge in [-0.2, -0.15) is 0 Å². The molecule has 1 amide bonds. The molecule has 102 valence electrons. The number of hydrogen-bond acceptors (Lipinski definition) is 1. The third-order valence-corrected chi connectivity index (χ3v) is 4.18. The summed E-state index contributed by atoms with van der Waals surface area (Å²) >= 11 is 5.95. The first-order chi connectivity index (χ1) is 9.51. The predicted octanol–water partition coefficient (Wildman–Crippen LogP) is 4.45. The summed E-state index contributed by atoms with van der Waals surface area (Å²) in [5.74, 6) is 0.156. The smallest absolute Gasteiger partial charge is 0.235 e. The van der Waals surface area contributed by atoms with Gasteiger partial charge in [0.2, 0.25) is 5.91 Å². The second kappa shape index (κ2) is 4.64. The molecule has 2 aromatic carbocycles. The summed E-state index contributed by atoms with van der Waals surface area (Å²) in [6.07, 6.45) is 0. The van der Waals surface area contributed by atoms with E-state index in [1.54, 1.807) is 0 Å². The fourth-order valence-corrected chi connectivity index (χ4v) is 2.99. The van der Waals surface area contributed by atoms with Crippen molar-refractivity contribution in [3.63, 3.8) is 0 Å². The zero-order chi connectivity index (χ0) is 14.3. The van der Waals surface area contributed by atoms with Gasteiger partial charge in [-0.25, -0.2) is 0 Å². The highest BCUT2D eigenvalue weighted by atomic mass is 35.5. The molecule has 1 saturated heterocycles. The van der Waals surface area contributed by atoms with Gasteiger partial charge in [0.1, 0.15) is 0 Å². The summed E-state index contributed by atoms with van der Waals surface area (Å²) in [6, 6.07) is 17.6. The van der Waals surface area contributed by atoms with E-state index in [4.69, 9.17) is 11.6 Å². The average Bonchev–Trinajstić information content (AvgIpc) is 2.46.